The number of aliphatic hydroxyl groups is 1. The molecule has 7 nitrogen and oxygen atoms in total. The van der Waals surface area contributed by atoms with E-state index in [0.717, 1.165) is 6.07 Å². The summed E-state index contributed by atoms with van der Waals surface area (Å²) in [5.74, 6) is -4.42. The first-order valence-corrected chi connectivity index (χ1v) is 8.69. The van der Waals surface area contributed by atoms with Crippen LogP contribution >= 0.6 is 15.9 Å². The summed E-state index contributed by atoms with van der Waals surface area (Å²) >= 11 is 2.91. The molecule has 2 aromatic carbocycles. The smallest absolute Gasteiger partial charge is 0.331 e. The van der Waals surface area contributed by atoms with Gasteiger partial charge < -0.3 is 20.5 Å². The zero-order valence-corrected chi connectivity index (χ0v) is 15.8. The van der Waals surface area contributed by atoms with Crippen LogP contribution in [0.15, 0.2) is 46.9 Å². The van der Waals surface area contributed by atoms with E-state index in [4.69, 9.17) is 4.74 Å². The Morgan fingerprint density at radius 1 is 1.14 bits per heavy atom. The fourth-order valence-electron chi connectivity index (χ4n) is 2.08. The minimum atomic E-state index is -1.39. The molecule has 0 fully saturated rings. The Labute approximate surface area is 166 Å². The van der Waals surface area contributed by atoms with Crippen LogP contribution in [0, 0.1) is 11.6 Å². The van der Waals surface area contributed by atoms with E-state index < -0.39 is 48.7 Å². The average molecular weight is 457 g/mol. The number of esters is 1. The number of halogens is 3. The van der Waals surface area contributed by atoms with Gasteiger partial charge in [0.25, 0.3) is 11.8 Å². The van der Waals surface area contributed by atoms with Crippen molar-refractivity contribution < 1.29 is 33.0 Å². The first kappa shape index (κ1) is 21.5. The third kappa shape index (κ3) is 5.83. The van der Waals surface area contributed by atoms with Crippen LogP contribution in [0.4, 0.5) is 14.5 Å². The van der Waals surface area contributed by atoms with Gasteiger partial charge in [-0.25, -0.2) is 13.6 Å². The van der Waals surface area contributed by atoms with E-state index in [1.165, 1.54) is 12.1 Å². The number of aliphatic hydroxyl groups excluding tert-OH is 1. The lowest BCUT2D eigenvalue weighted by molar-refractivity contribution is -0.150. The summed E-state index contributed by atoms with van der Waals surface area (Å²) in [7, 11) is 0. The highest BCUT2D eigenvalue weighted by atomic mass is 79.9. The average Bonchev–Trinajstić information content (AvgIpc) is 2.67. The van der Waals surface area contributed by atoms with Crippen molar-refractivity contribution in [2.75, 3.05) is 18.5 Å². The first-order chi connectivity index (χ1) is 13.3. The van der Waals surface area contributed by atoms with Gasteiger partial charge in [-0.15, -0.1) is 0 Å². The Morgan fingerprint density at radius 2 is 1.82 bits per heavy atom. The molecule has 0 spiro atoms. The molecule has 0 radical (unpaired) electrons. The van der Waals surface area contributed by atoms with E-state index in [2.05, 4.69) is 26.6 Å². The summed E-state index contributed by atoms with van der Waals surface area (Å²) in [4.78, 5) is 35.8. The van der Waals surface area contributed by atoms with Crippen LogP contribution in [0.3, 0.4) is 0 Å². The monoisotopic (exact) mass is 456 g/mol. The molecule has 0 aliphatic carbocycles. The molecule has 2 rings (SSSR count). The molecule has 2 aromatic rings. The molecule has 0 bridgehead atoms. The zero-order chi connectivity index (χ0) is 20.7. The fraction of sp³-hybridized carbons (Fsp3) is 0.167. The lowest BCUT2D eigenvalue weighted by Gasteiger charge is -2.15. The van der Waals surface area contributed by atoms with Crippen LogP contribution in [0.25, 0.3) is 0 Å². The van der Waals surface area contributed by atoms with Crippen LogP contribution in [-0.2, 0) is 14.3 Å². The van der Waals surface area contributed by atoms with E-state index in [-0.39, 0.29) is 15.7 Å². The number of nitrogens with one attached hydrogen (secondary N) is 2. The lowest BCUT2D eigenvalue weighted by Crippen LogP contribution is -2.45. The van der Waals surface area contributed by atoms with Gasteiger partial charge in [0.15, 0.2) is 18.5 Å². The Kier molecular flexibility index (Phi) is 7.59. The lowest BCUT2D eigenvalue weighted by atomic mass is 10.2. The van der Waals surface area contributed by atoms with E-state index >= 15 is 0 Å². The van der Waals surface area contributed by atoms with E-state index in [1.54, 1.807) is 18.2 Å². The molecule has 28 heavy (non-hydrogen) atoms. The van der Waals surface area contributed by atoms with Gasteiger partial charge in [-0.05, 0) is 34.1 Å². The molecule has 0 saturated carbocycles. The standard InChI is InChI=1S/C18H15BrF2N2O5/c19-12-6-11(20)7-13(21)16(12)23-15(25)9-28-18(27)14(8-24)22-17(26)10-4-2-1-3-5-10/h1-7,14,24H,8-9H2,(H,22,26)(H,23,25). The summed E-state index contributed by atoms with van der Waals surface area (Å²) in [6, 6.07) is 8.11. The van der Waals surface area contributed by atoms with Gasteiger partial charge in [-0.3, -0.25) is 9.59 Å². The predicted octanol–water partition coefficient (Wildman–Crippen LogP) is 2.00. The number of rotatable bonds is 7. The van der Waals surface area contributed by atoms with Gasteiger partial charge in [0, 0.05) is 16.1 Å². The second kappa shape index (κ2) is 9.90. The van der Waals surface area contributed by atoms with E-state index in [0.29, 0.717) is 6.07 Å². The third-order valence-corrected chi connectivity index (χ3v) is 4.05. The number of amides is 2. The van der Waals surface area contributed by atoms with Gasteiger partial charge in [0.2, 0.25) is 0 Å². The van der Waals surface area contributed by atoms with Gasteiger partial charge in [-0.2, -0.15) is 0 Å². The fourth-order valence-corrected chi connectivity index (χ4v) is 2.59. The number of ether oxygens (including phenoxy) is 1. The Bertz CT molecular complexity index is 857. The molecule has 0 aromatic heterocycles. The molecule has 10 heteroatoms. The topological polar surface area (TPSA) is 105 Å². The molecule has 148 valence electrons. The van der Waals surface area contributed by atoms with Gasteiger partial charge >= 0.3 is 5.97 Å². The number of carbonyl (C=O) groups excluding carboxylic acids is 3. The number of hydrogen-bond donors (Lipinski definition) is 3. The molecule has 0 aliphatic rings. The summed E-state index contributed by atoms with van der Waals surface area (Å²) in [6.45, 7) is -1.56. The summed E-state index contributed by atoms with van der Waals surface area (Å²) < 4.78 is 31.4. The minimum absolute atomic E-state index is 0.0342. The molecule has 0 heterocycles. The maximum absolute atomic E-state index is 13.7. The van der Waals surface area contributed by atoms with Crippen molar-refractivity contribution in [3.63, 3.8) is 0 Å². The zero-order valence-electron chi connectivity index (χ0n) is 14.2. The number of hydrogen-bond acceptors (Lipinski definition) is 5. The molecule has 3 N–H and O–H groups in total. The molecular weight excluding hydrogens is 442 g/mol. The molecule has 1 atom stereocenters. The van der Waals surface area contributed by atoms with E-state index in [1.807, 2.05) is 0 Å². The summed E-state index contributed by atoms with van der Waals surface area (Å²) in [6.07, 6.45) is 0. The van der Waals surface area contributed by atoms with Crippen LogP contribution in [-0.4, -0.2) is 42.1 Å². The second-order valence-electron chi connectivity index (χ2n) is 5.47. The van der Waals surface area contributed by atoms with Crippen molar-refractivity contribution in [1.29, 1.82) is 0 Å². The van der Waals surface area contributed by atoms with Gasteiger partial charge in [0.1, 0.15) is 5.82 Å². The normalized spacial score (nSPS) is 11.4. The summed E-state index contributed by atoms with van der Waals surface area (Å²) in [5, 5.41) is 13.7. The third-order valence-electron chi connectivity index (χ3n) is 3.43. The van der Waals surface area contributed by atoms with Crippen molar-refractivity contribution in [3.8, 4) is 0 Å². The molecule has 0 saturated heterocycles. The van der Waals surface area contributed by atoms with Gasteiger partial charge in [-0.1, -0.05) is 18.2 Å². The maximum atomic E-state index is 13.7. The molecule has 2 amide bonds. The van der Waals surface area contributed by atoms with Crippen LogP contribution < -0.4 is 10.6 Å². The van der Waals surface area contributed by atoms with Gasteiger partial charge in [0.05, 0.1) is 12.3 Å². The highest BCUT2D eigenvalue weighted by Crippen LogP contribution is 2.26. The van der Waals surface area contributed by atoms with Crippen LogP contribution in [0.1, 0.15) is 10.4 Å². The Hall–Kier alpha value is -2.85. The van der Waals surface area contributed by atoms with Crippen LogP contribution in [0.2, 0.25) is 0 Å². The minimum Gasteiger partial charge on any atom is -0.454 e. The Morgan fingerprint density at radius 3 is 2.43 bits per heavy atom. The van der Waals surface area contributed by atoms with Crippen molar-refractivity contribution in [2.45, 2.75) is 6.04 Å². The number of benzene rings is 2. The quantitative estimate of drug-likeness (QED) is 0.552. The van der Waals surface area contributed by atoms with Crippen molar-refractivity contribution in [3.05, 3.63) is 64.1 Å². The SMILES string of the molecule is O=C(COC(=O)C(CO)NC(=O)c1ccccc1)Nc1c(F)cc(F)cc1Br. The Balaban J connectivity index is 1.91. The van der Waals surface area contributed by atoms with Crippen molar-refractivity contribution in [2.24, 2.45) is 0 Å². The van der Waals surface area contributed by atoms with Crippen molar-refractivity contribution >= 4 is 39.4 Å². The highest BCUT2D eigenvalue weighted by Gasteiger charge is 2.23. The van der Waals surface area contributed by atoms with Crippen molar-refractivity contribution in [1.82, 2.24) is 5.32 Å². The summed E-state index contributed by atoms with van der Waals surface area (Å²) in [5.41, 5.74) is -0.0540. The molecule has 1 unspecified atom stereocenters. The number of carbonyl (C=O) groups is 3. The van der Waals surface area contributed by atoms with E-state index in [9.17, 15) is 28.3 Å². The first-order valence-electron chi connectivity index (χ1n) is 7.89. The van der Waals surface area contributed by atoms with Crippen LogP contribution in [0.5, 0.6) is 0 Å². The molecular formula is C18H15BrF2N2O5. The largest absolute Gasteiger partial charge is 0.454 e. The number of anilines is 1. The second-order valence-corrected chi connectivity index (χ2v) is 6.33. The predicted molar refractivity (Wildman–Crippen MR) is 98.4 cm³/mol. The highest BCUT2D eigenvalue weighted by molar-refractivity contribution is 9.10. The maximum Gasteiger partial charge on any atom is 0.331 e. The molecule has 0 aliphatic heterocycles.